The van der Waals surface area contributed by atoms with Gasteiger partial charge in [0.05, 0.1) is 0 Å². The molecule has 0 saturated heterocycles. The summed E-state index contributed by atoms with van der Waals surface area (Å²) in [5.41, 5.74) is 4.26. The van der Waals surface area contributed by atoms with Gasteiger partial charge in [-0.3, -0.25) is 0 Å². The highest BCUT2D eigenvalue weighted by Crippen LogP contribution is 2.26. The van der Waals surface area contributed by atoms with E-state index in [9.17, 15) is 0 Å². The van der Waals surface area contributed by atoms with Crippen molar-refractivity contribution in [3.63, 3.8) is 0 Å². The fraction of sp³-hybridized carbons (Fsp3) is 0.571. The van der Waals surface area contributed by atoms with E-state index in [1.807, 2.05) is 0 Å². The van der Waals surface area contributed by atoms with Crippen molar-refractivity contribution < 1.29 is 0 Å². The van der Waals surface area contributed by atoms with Gasteiger partial charge in [-0.1, -0.05) is 39.0 Å². The van der Waals surface area contributed by atoms with E-state index < -0.39 is 0 Å². The Labute approximate surface area is 93.9 Å². The summed E-state index contributed by atoms with van der Waals surface area (Å²) >= 11 is 0. The van der Waals surface area contributed by atoms with Gasteiger partial charge in [0, 0.05) is 6.04 Å². The van der Waals surface area contributed by atoms with Crippen molar-refractivity contribution in [2.45, 2.75) is 40.7 Å². The highest BCUT2D eigenvalue weighted by molar-refractivity contribution is 5.35. The molecule has 0 saturated carbocycles. The van der Waals surface area contributed by atoms with Crippen molar-refractivity contribution in [3.05, 3.63) is 34.9 Å². The summed E-state index contributed by atoms with van der Waals surface area (Å²) in [5.74, 6) is 0.630. The van der Waals surface area contributed by atoms with E-state index in [0.29, 0.717) is 12.0 Å². The van der Waals surface area contributed by atoms with Gasteiger partial charge >= 0.3 is 0 Å². The van der Waals surface area contributed by atoms with Crippen LogP contribution in [0.25, 0.3) is 0 Å². The lowest BCUT2D eigenvalue weighted by Gasteiger charge is -2.24. The largest absolute Gasteiger partial charge is 0.310 e. The summed E-state index contributed by atoms with van der Waals surface area (Å²) in [6.07, 6.45) is 0. The summed E-state index contributed by atoms with van der Waals surface area (Å²) < 4.78 is 0. The molecule has 0 aromatic heterocycles. The second-order valence-electron chi connectivity index (χ2n) is 4.57. The third-order valence-corrected chi connectivity index (χ3v) is 3.07. The lowest BCUT2D eigenvalue weighted by Crippen LogP contribution is -2.26. The Morgan fingerprint density at radius 1 is 1.20 bits per heavy atom. The Bertz CT molecular complexity index is 315. The van der Waals surface area contributed by atoms with Gasteiger partial charge in [-0.05, 0) is 43.0 Å². The van der Waals surface area contributed by atoms with Crippen LogP contribution in [0.5, 0.6) is 0 Å². The van der Waals surface area contributed by atoms with E-state index in [2.05, 4.69) is 58.1 Å². The maximum Gasteiger partial charge on any atom is 0.0345 e. The van der Waals surface area contributed by atoms with Crippen LogP contribution in [0, 0.1) is 19.8 Å². The van der Waals surface area contributed by atoms with Crippen LogP contribution in [0.2, 0.25) is 0 Å². The predicted molar refractivity (Wildman–Crippen MR) is 67.2 cm³/mol. The lowest BCUT2D eigenvalue weighted by molar-refractivity contribution is 0.420. The quantitative estimate of drug-likeness (QED) is 0.791. The average molecular weight is 205 g/mol. The summed E-state index contributed by atoms with van der Waals surface area (Å²) in [5, 5.41) is 3.57. The van der Waals surface area contributed by atoms with Crippen LogP contribution in [-0.2, 0) is 0 Å². The molecule has 0 heterocycles. The second-order valence-corrected chi connectivity index (χ2v) is 4.57. The smallest absolute Gasteiger partial charge is 0.0345 e. The molecule has 0 aliphatic heterocycles. The first kappa shape index (κ1) is 12.3. The van der Waals surface area contributed by atoms with Crippen molar-refractivity contribution in [1.29, 1.82) is 0 Å². The molecule has 1 unspecified atom stereocenters. The second kappa shape index (κ2) is 5.32. The Morgan fingerprint density at radius 2 is 1.87 bits per heavy atom. The van der Waals surface area contributed by atoms with Gasteiger partial charge < -0.3 is 5.32 Å². The number of nitrogens with one attached hydrogen (secondary N) is 1. The fourth-order valence-electron chi connectivity index (χ4n) is 2.04. The minimum atomic E-state index is 0.481. The summed E-state index contributed by atoms with van der Waals surface area (Å²) in [7, 11) is 0. The molecule has 0 aliphatic carbocycles. The van der Waals surface area contributed by atoms with Crippen molar-refractivity contribution in [3.8, 4) is 0 Å². The van der Waals surface area contributed by atoms with Gasteiger partial charge in [0.15, 0.2) is 0 Å². The molecule has 0 fully saturated rings. The standard InChI is InChI=1S/C14H23N/c1-6-15-14(10(2)3)13-9-7-8-11(4)12(13)5/h7-10,14-15H,6H2,1-5H3. The number of hydrogen-bond acceptors (Lipinski definition) is 1. The maximum atomic E-state index is 3.57. The van der Waals surface area contributed by atoms with Crippen LogP contribution in [0.15, 0.2) is 18.2 Å². The number of rotatable bonds is 4. The van der Waals surface area contributed by atoms with Crippen molar-refractivity contribution >= 4 is 0 Å². The van der Waals surface area contributed by atoms with Gasteiger partial charge in [0.2, 0.25) is 0 Å². The third-order valence-electron chi connectivity index (χ3n) is 3.07. The molecule has 0 bridgehead atoms. The highest BCUT2D eigenvalue weighted by Gasteiger charge is 2.16. The third kappa shape index (κ3) is 2.82. The molecule has 1 rings (SSSR count). The van der Waals surface area contributed by atoms with Crippen molar-refractivity contribution in [2.75, 3.05) is 6.54 Å². The Balaban J connectivity index is 3.05. The van der Waals surface area contributed by atoms with E-state index in [4.69, 9.17) is 0 Å². The van der Waals surface area contributed by atoms with Crippen LogP contribution in [0.4, 0.5) is 0 Å². The minimum Gasteiger partial charge on any atom is -0.310 e. The van der Waals surface area contributed by atoms with Gasteiger partial charge in [-0.2, -0.15) is 0 Å². The van der Waals surface area contributed by atoms with E-state index in [0.717, 1.165) is 6.54 Å². The molecule has 1 aromatic carbocycles. The first-order valence-corrected chi connectivity index (χ1v) is 5.87. The molecule has 0 aliphatic rings. The molecule has 1 atom stereocenters. The molecule has 1 aromatic rings. The van der Waals surface area contributed by atoms with Gasteiger partial charge in [-0.15, -0.1) is 0 Å². The van der Waals surface area contributed by atoms with Gasteiger partial charge in [-0.25, -0.2) is 0 Å². The van der Waals surface area contributed by atoms with E-state index in [1.54, 1.807) is 0 Å². The molecular weight excluding hydrogens is 182 g/mol. The predicted octanol–water partition coefficient (Wildman–Crippen LogP) is 3.61. The average Bonchev–Trinajstić information content (AvgIpc) is 2.19. The van der Waals surface area contributed by atoms with Crippen molar-refractivity contribution in [1.82, 2.24) is 5.32 Å². The zero-order chi connectivity index (χ0) is 11.4. The number of aryl methyl sites for hydroxylation is 1. The first-order valence-electron chi connectivity index (χ1n) is 5.87. The van der Waals surface area contributed by atoms with Crippen LogP contribution < -0.4 is 5.32 Å². The Morgan fingerprint density at radius 3 is 2.40 bits per heavy atom. The van der Waals surface area contributed by atoms with Crippen LogP contribution in [-0.4, -0.2) is 6.54 Å². The highest BCUT2D eigenvalue weighted by atomic mass is 14.9. The number of hydrogen-bond donors (Lipinski definition) is 1. The molecular formula is C14H23N. The van der Waals surface area contributed by atoms with Gasteiger partial charge in [0.25, 0.3) is 0 Å². The van der Waals surface area contributed by atoms with Crippen LogP contribution in [0.3, 0.4) is 0 Å². The molecule has 0 spiro atoms. The normalized spacial score (nSPS) is 13.2. The monoisotopic (exact) mass is 205 g/mol. The topological polar surface area (TPSA) is 12.0 Å². The summed E-state index contributed by atoms with van der Waals surface area (Å²) in [6.45, 7) is 12.1. The molecule has 1 nitrogen and oxygen atoms in total. The Kier molecular flexibility index (Phi) is 4.34. The van der Waals surface area contributed by atoms with Gasteiger partial charge in [0.1, 0.15) is 0 Å². The van der Waals surface area contributed by atoms with Crippen LogP contribution >= 0.6 is 0 Å². The zero-order valence-corrected chi connectivity index (χ0v) is 10.6. The molecule has 84 valence electrons. The first-order chi connectivity index (χ1) is 7.07. The van der Waals surface area contributed by atoms with E-state index in [1.165, 1.54) is 16.7 Å². The van der Waals surface area contributed by atoms with E-state index >= 15 is 0 Å². The maximum absolute atomic E-state index is 3.57. The molecule has 1 heteroatoms. The fourth-order valence-corrected chi connectivity index (χ4v) is 2.04. The summed E-state index contributed by atoms with van der Waals surface area (Å²) in [4.78, 5) is 0. The summed E-state index contributed by atoms with van der Waals surface area (Å²) in [6, 6.07) is 7.07. The molecule has 0 radical (unpaired) electrons. The molecule has 15 heavy (non-hydrogen) atoms. The molecule has 1 N–H and O–H groups in total. The lowest BCUT2D eigenvalue weighted by atomic mass is 9.91. The SMILES string of the molecule is CCNC(c1cccc(C)c1C)C(C)C. The van der Waals surface area contributed by atoms with E-state index in [-0.39, 0.29) is 0 Å². The Hall–Kier alpha value is -0.820. The minimum absolute atomic E-state index is 0.481. The van der Waals surface area contributed by atoms with Crippen molar-refractivity contribution in [2.24, 2.45) is 5.92 Å². The number of benzene rings is 1. The molecule has 0 amide bonds. The zero-order valence-electron chi connectivity index (χ0n) is 10.6. The van der Waals surface area contributed by atoms with Crippen LogP contribution in [0.1, 0.15) is 43.5 Å².